The van der Waals surface area contributed by atoms with E-state index in [0.717, 1.165) is 0 Å². The summed E-state index contributed by atoms with van der Waals surface area (Å²) in [4.78, 5) is 12.7. The number of benzene rings is 2. The Hall–Kier alpha value is -3.39. The number of hydrogen-bond donors (Lipinski definition) is 1. The number of methoxy groups -OCH3 is 3. The molecule has 3 rings (SSSR count). The van der Waals surface area contributed by atoms with Crippen LogP contribution in [0.15, 0.2) is 52.9 Å². The number of nitrogens with one attached hydrogen (secondary N) is 1. The van der Waals surface area contributed by atoms with Crippen LogP contribution in [0.4, 0.5) is 5.69 Å². The van der Waals surface area contributed by atoms with Crippen molar-refractivity contribution >= 4 is 24.9 Å². The maximum absolute atomic E-state index is 12.7. The third-order valence-corrected chi connectivity index (χ3v) is 6.75. The number of rotatable bonds is 8. The van der Waals surface area contributed by atoms with Gasteiger partial charge < -0.3 is 28.7 Å². The standard InChI is InChI=1S/C23H27NO6Si/c1-26-16-11-10-15(31(4,5)6)14-20(16)30-21-13-12-19(29-21)23(25)24-22-17(27-2)8-7-9-18(22)28-3/h7-14H,1-6H3,(H,24,25). The van der Waals surface area contributed by atoms with E-state index in [9.17, 15) is 4.79 Å². The number of carbonyl (C=O) groups excluding carboxylic acids is 1. The minimum absolute atomic E-state index is 0.0864. The minimum atomic E-state index is -1.55. The summed E-state index contributed by atoms with van der Waals surface area (Å²) >= 11 is 0. The molecule has 7 nitrogen and oxygen atoms in total. The average Bonchev–Trinajstić information content (AvgIpc) is 3.21. The molecule has 0 bridgehead atoms. The predicted molar refractivity (Wildman–Crippen MR) is 122 cm³/mol. The van der Waals surface area contributed by atoms with Gasteiger partial charge in [-0.1, -0.05) is 37.0 Å². The Labute approximate surface area is 182 Å². The molecule has 8 heteroatoms. The summed E-state index contributed by atoms with van der Waals surface area (Å²) in [5.74, 6) is 1.89. The van der Waals surface area contributed by atoms with E-state index in [2.05, 4.69) is 31.0 Å². The number of ether oxygens (including phenoxy) is 4. The van der Waals surface area contributed by atoms with Crippen LogP contribution in [0.25, 0.3) is 0 Å². The lowest BCUT2D eigenvalue weighted by Crippen LogP contribution is -2.37. The molecule has 1 heterocycles. The number of hydrogen-bond acceptors (Lipinski definition) is 6. The molecule has 0 unspecified atom stereocenters. The van der Waals surface area contributed by atoms with Crippen LogP contribution >= 0.6 is 0 Å². The Kier molecular flexibility index (Phi) is 6.60. The molecule has 0 spiro atoms. The fraction of sp³-hybridized carbons (Fsp3) is 0.261. The first-order valence-electron chi connectivity index (χ1n) is 9.75. The smallest absolute Gasteiger partial charge is 0.291 e. The monoisotopic (exact) mass is 441 g/mol. The van der Waals surface area contributed by atoms with Crippen molar-refractivity contribution in [2.24, 2.45) is 0 Å². The van der Waals surface area contributed by atoms with E-state index in [-0.39, 0.29) is 11.7 Å². The molecular weight excluding hydrogens is 414 g/mol. The molecule has 3 aromatic rings. The van der Waals surface area contributed by atoms with Crippen molar-refractivity contribution in [3.05, 3.63) is 54.3 Å². The molecule has 2 aromatic carbocycles. The Balaban J connectivity index is 1.82. The fourth-order valence-corrected chi connectivity index (χ4v) is 4.13. The van der Waals surface area contributed by atoms with Crippen molar-refractivity contribution in [3.63, 3.8) is 0 Å². The van der Waals surface area contributed by atoms with E-state index in [1.165, 1.54) is 19.4 Å². The van der Waals surface area contributed by atoms with Crippen LogP contribution in [-0.2, 0) is 0 Å². The van der Waals surface area contributed by atoms with E-state index in [1.54, 1.807) is 37.4 Å². The topological polar surface area (TPSA) is 79.2 Å². The molecule has 0 aliphatic heterocycles. The molecule has 164 valence electrons. The van der Waals surface area contributed by atoms with Gasteiger partial charge in [0.2, 0.25) is 0 Å². The average molecular weight is 442 g/mol. The SMILES string of the molecule is COc1ccc([Si](C)(C)C)cc1Oc1ccc(C(=O)Nc2c(OC)cccc2OC)o1. The molecule has 0 atom stereocenters. The molecule has 0 aliphatic rings. The highest BCUT2D eigenvalue weighted by atomic mass is 28.3. The number of furan rings is 1. The van der Waals surface area contributed by atoms with Crippen LogP contribution in [0.1, 0.15) is 10.6 Å². The first-order valence-corrected chi connectivity index (χ1v) is 13.3. The van der Waals surface area contributed by atoms with Crippen LogP contribution < -0.4 is 29.5 Å². The highest BCUT2D eigenvalue weighted by molar-refractivity contribution is 6.88. The maximum atomic E-state index is 12.7. The van der Waals surface area contributed by atoms with Gasteiger partial charge in [0.05, 0.1) is 29.4 Å². The summed E-state index contributed by atoms with van der Waals surface area (Å²) in [5, 5.41) is 3.99. The fourth-order valence-electron chi connectivity index (χ4n) is 2.98. The van der Waals surface area contributed by atoms with Gasteiger partial charge in [-0.3, -0.25) is 4.79 Å². The second-order valence-electron chi connectivity index (χ2n) is 7.83. The van der Waals surface area contributed by atoms with Gasteiger partial charge in [-0.15, -0.1) is 0 Å². The van der Waals surface area contributed by atoms with Gasteiger partial charge in [0.15, 0.2) is 17.3 Å². The number of amides is 1. The predicted octanol–water partition coefficient (Wildman–Crippen LogP) is 4.90. The zero-order valence-corrected chi connectivity index (χ0v) is 19.6. The van der Waals surface area contributed by atoms with Crippen molar-refractivity contribution in [3.8, 4) is 28.9 Å². The zero-order chi connectivity index (χ0) is 22.6. The molecular formula is C23H27NO6Si. The summed E-state index contributed by atoms with van der Waals surface area (Å²) in [5.41, 5.74) is 0.417. The number of anilines is 1. The van der Waals surface area contributed by atoms with E-state index < -0.39 is 14.0 Å². The van der Waals surface area contributed by atoms with Crippen molar-refractivity contribution in [1.82, 2.24) is 0 Å². The molecule has 1 N–H and O–H groups in total. The summed E-state index contributed by atoms with van der Waals surface area (Å²) in [6.45, 7) is 6.75. The summed E-state index contributed by atoms with van der Waals surface area (Å²) < 4.78 is 27.6. The van der Waals surface area contributed by atoms with Crippen molar-refractivity contribution in [2.45, 2.75) is 19.6 Å². The molecule has 0 fully saturated rings. The third-order valence-electron chi connectivity index (χ3n) is 4.71. The van der Waals surface area contributed by atoms with E-state index >= 15 is 0 Å². The number of carbonyl (C=O) groups is 1. The zero-order valence-electron chi connectivity index (χ0n) is 18.6. The van der Waals surface area contributed by atoms with Crippen LogP contribution in [0.2, 0.25) is 19.6 Å². The first-order chi connectivity index (χ1) is 14.8. The van der Waals surface area contributed by atoms with E-state index in [1.807, 2.05) is 12.1 Å². The molecule has 0 saturated heterocycles. The van der Waals surface area contributed by atoms with Gasteiger partial charge in [0, 0.05) is 6.07 Å². The highest BCUT2D eigenvalue weighted by Crippen LogP contribution is 2.35. The van der Waals surface area contributed by atoms with Crippen LogP contribution in [0.5, 0.6) is 28.9 Å². The van der Waals surface area contributed by atoms with E-state index in [0.29, 0.717) is 28.7 Å². The largest absolute Gasteiger partial charge is 0.494 e. The number of para-hydroxylation sites is 1. The molecule has 1 aromatic heterocycles. The van der Waals surface area contributed by atoms with Gasteiger partial charge in [0.25, 0.3) is 11.9 Å². The lowest BCUT2D eigenvalue weighted by molar-refractivity contribution is 0.0991. The molecule has 0 aliphatic carbocycles. The van der Waals surface area contributed by atoms with Crippen molar-refractivity contribution in [2.75, 3.05) is 26.6 Å². The lowest BCUT2D eigenvalue weighted by Gasteiger charge is -2.18. The van der Waals surface area contributed by atoms with Gasteiger partial charge >= 0.3 is 0 Å². The quantitative estimate of drug-likeness (QED) is 0.501. The maximum Gasteiger partial charge on any atom is 0.291 e. The van der Waals surface area contributed by atoms with Crippen LogP contribution in [-0.4, -0.2) is 35.3 Å². The van der Waals surface area contributed by atoms with Gasteiger partial charge in [0.1, 0.15) is 17.2 Å². The normalized spacial score (nSPS) is 11.0. The van der Waals surface area contributed by atoms with Crippen LogP contribution in [0, 0.1) is 0 Å². The van der Waals surface area contributed by atoms with Gasteiger partial charge in [-0.05, 0) is 30.3 Å². The molecule has 0 radical (unpaired) electrons. The first kappa shape index (κ1) is 22.3. The van der Waals surface area contributed by atoms with Gasteiger partial charge in [-0.2, -0.15) is 0 Å². The third kappa shape index (κ3) is 5.03. The summed E-state index contributed by atoms with van der Waals surface area (Å²) in [6.07, 6.45) is 0. The minimum Gasteiger partial charge on any atom is -0.494 e. The second-order valence-corrected chi connectivity index (χ2v) is 12.9. The lowest BCUT2D eigenvalue weighted by atomic mass is 10.2. The molecule has 31 heavy (non-hydrogen) atoms. The Morgan fingerprint density at radius 1 is 0.839 bits per heavy atom. The Morgan fingerprint density at radius 2 is 1.48 bits per heavy atom. The Bertz CT molecular complexity index is 1050. The van der Waals surface area contributed by atoms with Crippen molar-refractivity contribution < 1.29 is 28.2 Å². The molecule has 1 amide bonds. The molecule has 0 saturated carbocycles. The van der Waals surface area contributed by atoms with Crippen LogP contribution in [0.3, 0.4) is 0 Å². The summed E-state index contributed by atoms with van der Waals surface area (Å²) in [7, 11) is 3.07. The Morgan fingerprint density at radius 3 is 2.06 bits per heavy atom. The van der Waals surface area contributed by atoms with Crippen molar-refractivity contribution in [1.29, 1.82) is 0 Å². The highest BCUT2D eigenvalue weighted by Gasteiger charge is 2.21. The van der Waals surface area contributed by atoms with E-state index in [4.69, 9.17) is 23.4 Å². The second kappa shape index (κ2) is 9.17. The van der Waals surface area contributed by atoms with Gasteiger partial charge in [-0.25, -0.2) is 0 Å². The summed E-state index contributed by atoms with van der Waals surface area (Å²) in [6, 6.07) is 14.3.